The molecule has 0 radical (unpaired) electrons. The first-order valence-corrected chi connectivity index (χ1v) is 15.9. The number of nitrogens with zero attached hydrogens (tertiary/aromatic N) is 6. The van der Waals surface area contributed by atoms with Crippen LogP contribution in [0.4, 0.5) is 4.39 Å². The smallest absolute Gasteiger partial charge is 0.225 e. The first-order valence-electron chi connectivity index (χ1n) is 15.5. The van der Waals surface area contributed by atoms with Crippen LogP contribution in [0.25, 0.3) is 43.7 Å². The number of fused-ring (bicyclic) bond motifs is 4. The lowest BCUT2D eigenvalue weighted by atomic mass is 9.93. The molecule has 0 spiro atoms. The molecule has 7 rings (SSSR count). The standard InChI is InChI=1S/C35H33ClFN7O/c1-20(29-10-5-15-43(29)2)45-35-27-19-41-44(24-12-14-40-23(16-24)11-13-38)34(27)26-17-28(36)31(32(37)33(26)42-35)25-9-4-7-21-6-3-8-22(18-39)30(21)25/h3-4,6-9,17,19-20,23-24,29,40H,5,10-12,14-16H2,1-2H3/t20?,23-,24+,29+/m1/s1. The van der Waals surface area contributed by atoms with E-state index in [4.69, 9.17) is 26.4 Å². The average Bonchev–Trinajstić information content (AvgIpc) is 3.69. The topological polar surface area (TPSA) is 103 Å². The molecule has 0 bridgehead atoms. The summed E-state index contributed by atoms with van der Waals surface area (Å²) in [5.74, 6) is -0.239. The summed E-state index contributed by atoms with van der Waals surface area (Å²) in [5.41, 5.74) is 2.02. The first-order chi connectivity index (χ1) is 21.9. The van der Waals surface area contributed by atoms with Crippen LogP contribution in [0.15, 0.2) is 48.7 Å². The summed E-state index contributed by atoms with van der Waals surface area (Å²) < 4.78 is 25.6. The highest BCUT2D eigenvalue weighted by Gasteiger charge is 2.31. The maximum Gasteiger partial charge on any atom is 0.225 e. The number of pyridine rings is 1. The van der Waals surface area contributed by atoms with Gasteiger partial charge in [-0.2, -0.15) is 15.6 Å². The van der Waals surface area contributed by atoms with E-state index in [1.165, 1.54) is 0 Å². The van der Waals surface area contributed by atoms with Gasteiger partial charge in [-0.05, 0) is 75.8 Å². The van der Waals surface area contributed by atoms with E-state index in [1.807, 2.05) is 35.9 Å². The van der Waals surface area contributed by atoms with Gasteiger partial charge in [-0.3, -0.25) is 9.58 Å². The largest absolute Gasteiger partial charge is 0.472 e. The Kier molecular flexibility index (Phi) is 7.79. The Bertz CT molecular complexity index is 2020. The van der Waals surface area contributed by atoms with Crippen LogP contribution in [0.3, 0.4) is 0 Å². The van der Waals surface area contributed by atoms with Gasteiger partial charge in [0.15, 0.2) is 5.82 Å². The van der Waals surface area contributed by atoms with E-state index in [9.17, 15) is 10.5 Å². The normalized spacial score (nSPS) is 21.2. The fourth-order valence-electron chi connectivity index (χ4n) is 7.36. The number of hydrogen-bond acceptors (Lipinski definition) is 7. The van der Waals surface area contributed by atoms with Crippen molar-refractivity contribution in [1.29, 1.82) is 10.5 Å². The van der Waals surface area contributed by atoms with Crippen molar-refractivity contribution >= 4 is 44.2 Å². The van der Waals surface area contributed by atoms with E-state index in [0.717, 1.165) is 44.2 Å². The number of nitrogens with one attached hydrogen (secondary N) is 1. The summed E-state index contributed by atoms with van der Waals surface area (Å²) >= 11 is 6.97. The Morgan fingerprint density at radius 2 is 2.00 bits per heavy atom. The molecule has 1 unspecified atom stereocenters. The highest BCUT2D eigenvalue weighted by Crippen LogP contribution is 2.43. The molecule has 0 amide bonds. The van der Waals surface area contributed by atoms with Crippen LogP contribution in [-0.4, -0.2) is 58.0 Å². The molecule has 0 saturated carbocycles. The average molecular weight is 622 g/mol. The van der Waals surface area contributed by atoms with Gasteiger partial charge in [-0.25, -0.2) is 9.37 Å². The number of rotatable bonds is 6. The van der Waals surface area contributed by atoms with Crippen molar-refractivity contribution in [3.05, 3.63) is 65.1 Å². The van der Waals surface area contributed by atoms with Gasteiger partial charge in [-0.1, -0.05) is 41.9 Å². The van der Waals surface area contributed by atoms with Gasteiger partial charge < -0.3 is 10.1 Å². The van der Waals surface area contributed by atoms with Gasteiger partial charge in [0.1, 0.15) is 11.6 Å². The summed E-state index contributed by atoms with van der Waals surface area (Å²) in [6.07, 6.45) is 5.61. The lowest BCUT2D eigenvalue weighted by molar-refractivity contribution is 0.119. The van der Waals surface area contributed by atoms with Crippen molar-refractivity contribution in [3.8, 4) is 29.1 Å². The third kappa shape index (κ3) is 5.06. The third-order valence-corrected chi connectivity index (χ3v) is 9.85. The summed E-state index contributed by atoms with van der Waals surface area (Å²) in [4.78, 5) is 7.14. The van der Waals surface area contributed by atoms with E-state index >= 15 is 4.39 Å². The second-order valence-electron chi connectivity index (χ2n) is 12.2. The summed E-state index contributed by atoms with van der Waals surface area (Å²) in [6, 6.07) is 17.5. The number of hydrogen-bond donors (Lipinski definition) is 1. The number of benzene rings is 3. The second-order valence-corrected chi connectivity index (χ2v) is 12.6. The number of ether oxygens (including phenoxy) is 1. The molecule has 2 aliphatic rings. The Balaban J connectivity index is 1.46. The molecule has 2 fully saturated rings. The van der Waals surface area contributed by atoms with Crippen LogP contribution >= 0.6 is 11.6 Å². The van der Waals surface area contributed by atoms with Crippen LogP contribution < -0.4 is 10.1 Å². The number of likely N-dealkylation sites (tertiary alicyclic amines) is 1. The molecule has 3 aromatic carbocycles. The van der Waals surface area contributed by atoms with Gasteiger partial charge in [0.05, 0.1) is 52.3 Å². The van der Waals surface area contributed by atoms with Gasteiger partial charge in [0.2, 0.25) is 5.88 Å². The quantitative estimate of drug-likeness (QED) is 0.215. The Labute approximate surface area is 266 Å². The molecule has 228 valence electrons. The van der Waals surface area contributed by atoms with E-state index in [1.54, 1.807) is 24.4 Å². The maximum atomic E-state index is 17.1. The number of halogens is 2. The van der Waals surface area contributed by atoms with Gasteiger partial charge >= 0.3 is 0 Å². The summed E-state index contributed by atoms with van der Waals surface area (Å²) in [6.45, 7) is 3.79. The highest BCUT2D eigenvalue weighted by atomic mass is 35.5. The number of likely N-dealkylation sites (N-methyl/N-ethyl adjacent to an activating group) is 1. The van der Waals surface area contributed by atoms with Crippen molar-refractivity contribution < 1.29 is 9.13 Å². The third-order valence-electron chi connectivity index (χ3n) is 9.55. The zero-order valence-electron chi connectivity index (χ0n) is 25.2. The van der Waals surface area contributed by atoms with Crippen molar-refractivity contribution in [2.75, 3.05) is 20.1 Å². The van der Waals surface area contributed by atoms with Crippen molar-refractivity contribution in [2.24, 2.45) is 0 Å². The van der Waals surface area contributed by atoms with E-state index in [2.05, 4.69) is 29.4 Å². The number of nitriles is 2. The van der Waals surface area contributed by atoms with Gasteiger partial charge in [0, 0.05) is 28.4 Å². The minimum absolute atomic E-state index is 0.00305. The summed E-state index contributed by atoms with van der Waals surface area (Å²) in [5, 5.41) is 30.4. The molecule has 0 aliphatic carbocycles. The molecule has 10 heteroatoms. The van der Waals surface area contributed by atoms with Crippen molar-refractivity contribution in [3.63, 3.8) is 0 Å². The predicted octanol–water partition coefficient (Wildman–Crippen LogP) is 7.14. The SMILES string of the molecule is CC(Oc1nc2c(F)c(-c3cccc4cccc(C#N)c34)c(Cl)cc2c2c1cnn2[C@H]1CCN[C@H](CC#N)C1)[C@@H]1CCCN1C. The molecule has 2 saturated heterocycles. The molecular weight excluding hydrogens is 589 g/mol. The molecule has 8 nitrogen and oxygen atoms in total. The summed E-state index contributed by atoms with van der Waals surface area (Å²) in [7, 11) is 2.10. The molecule has 4 atom stereocenters. The Morgan fingerprint density at radius 1 is 1.18 bits per heavy atom. The Morgan fingerprint density at radius 3 is 2.76 bits per heavy atom. The lowest BCUT2D eigenvalue weighted by Gasteiger charge is -2.30. The fourth-order valence-corrected chi connectivity index (χ4v) is 7.65. The maximum absolute atomic E-state index is 17.1. The highest BCUT2D eigenvalue weighted by molar-refractivity contribution is 6.35. The van der Waals surface area contributed by atoms with Crippen LogP contribution in [0.2, 0.25) is 5.02 Å². The lowest BCUT2D eigenvalue weighted by Crippen LogP contribution is -2.38. The fraction of sp³-hybridized carbons (Fsp3) is 0.371. The zero-order chi connectivity index (χ0) is 31.2. The number of aromatic nitrogens is 3. The molecule has 4 heterocycles. The molecule has 1 N–H and O–H groups in total. The van der Waals surface area contributed by atoms with Crippen LogP contribution in [0, 0.1) is 28.5 Å². The number of piperidine rings is 1. The van der Waals surface area contributed by atoms with Crippen molar-refractivity contribution in [1.82, 2.24) is 25.0 Å². The van der Waals surface area contributed by atoms with E-state index in [0.29, 0.717) is 45.1 Å². The van der Waals surface area contributed by atoms with Crippen LogP contribution in [0.1, 0.15) is 50.6 Å². The Hall–Kier alpha value is -4.28. The molecule has 2 aliphatic heterocycles. The predicted molar refractivity (Wildman–Crippen MR) is 174 cm³/mol. The molecule has 45 heavy (non-hydrogen) atoms. The first kappa shape index (κ1) is 29.4. The minimum Gasteiger partial charge on any atom is -0.472 e. The molecule has 5 aromatic rings. The van der Waals surface area contributed by atoms with Gasteiger partial charge in [-0.15, -0.1) is 0 Å². The van der Waals surface area contributed by atoms with Gasteiger partial charge in [0.25, 0.3) is 0 Å². The zero-order valence-corrected chi connectivity index (χ0v) is 26.0. The van der Waals surface area contributed by atoms with Crippen LogP contribution in [-0.2, 0) is 0 Å². The second kappa shape index (κ2) is 11.9. The minimum atomic E-state index is -0.574. The van der Waals surface area contributed by atoms with E-state index < -0.39 is 5.82 Å². The monoisotopic (exact) mass is 621 g/mol. The molecular formula is C35H33ClFN7O. The molecule has 2 aromatic heterocycles. The van der Waals surface area contributed by atoms with Crippen LogP contribution in [0.5, 0.6) is 5.88 Å². The van der Waals surface area contributed by atoms with E-state index in [-0.39, 0.29) is 40.3 Å². The van der Waals surface area contributed by atoms with Crippen molar-refractivity contribution in [2.45, 2.75) is 63.3 Å².